The molecule has 2 N–H and O–H groups in total. The molecule has 1 aliphatic rings. The van der Waals surface area contributed by atoms with E-state index in [1.165, 1.54) is 11.3 Å². The number of hydrogen-bond donors (Lipinski definition) is 1. The molecule has 0 aromatic heterocycles. The molecule has 0 bridgehead atoms. The average Bonchev–Trinajstić information content (AvgIpc) is 2.78. The highest BCUT2D eigenvalue weighted by molar-refractivity contribution is 6.33. The molecule has 0 saturated carbocycles. The lowest BCUT2D eigenvalue weighted by molar-refractivity contribution is 0.993. The van der Waals surface area contributed by atoms with Gasteiger partial charge in [0.15, 0.2) is 0 Å². The molecular weight excluding hydrogens is 244 g/mol. The van der Waals surface area contributed by atoms with Gasteiger partial charge in [-0.05, 0) is 42.7 Å². The summed E-state index contributed by atoms with van der Waals surface area (Å²) in [5.74, 6) is 0. The molecule has 0 radical (unpaired) electrons. The van der Waals surface area contributed by atoms with E-state index in [2.05, 4.69) is 36.1 Å². The molecule has 2 aromatic rings. The number of hydrogen-bond acceptors (Lipinski definition) is 2. The van der Waals surface area contributed by atoms with Crippen molar-refractivity contribution in [2.24, 2.45) is 0 Å². The van der Waals surface area contributed by atoms with Gasteiger partial charge in [-0.2, -0.15) is 0 Å². The normalized spacial score (nSPS) is 13.8. The summed E-state index contributed by atoms with van der Waals surface area (Å²) in [6.07, 6.45) is 1.08. The van der Waals surface area contributed by atoms with E-state index in [1.54, 1.807) is 0 Å². The number of aryl methyl sites for hydroxylation is 1. The standard InChI is InChI=1S/C15H15ClN2/c1-10-8-13(17)12(16)9-15(10)18-7-6-11-4-2-3-5-14(11)18/h2-5,8-9H,6-7,17H2,1H3. The molecular formula is C15H15ClN2. The van der Waals surface area contributed by atoms with Gasteiger partial charge in [-0.25, -0.2) is 0 Å². The van der Waals surface area contributed by atoms with Crippen molar-refractivity contribution >= 4 is 28.7 Å². The third-order valence-corrected chi connectivity index (χ3v) is 3.82. The van der Waals surface area contributed by atoms with E-state index in [0.29, 0.717) is 10.7 Å². The van der Waals surface area contributed by atoms with E-state index in [-0.39, 0.29) is 0 Å². The largest absolute Gasteiger partial charge is 0.398 e. The van der Waals surface area contributed by atoms with Gasteiger partial charge in [0.05, 0.1) is 10.7 Å². The summed E-state index contributed by atoms with van der Waals surface area (Å²) in [5, 5.41) is 0.625. The first-order valence-corrected chi connectivity index (χ1v) is 6.45. The summed E-state index contributed by atoms with van der Waals surface area (Å²) >= 11 is 6.14. The van der Waals surface area contributed by atoms with Gasteiger partial charge in [0.25, 0.3) is 0 Å². The molecule has 3 rings (SSSR count). The second-order valence-corrected chi connectivity index (χ2v) is 5.10. The maximum absolute atomic E-state index is 6.14. The van der Waals surface area contributed by atoms with Crippen molar-refractivity contribution < 1.29 is 0 Å². The summed E-state index contributed by atoms with van der Waals surface area (Å²) in [6.45, 7) is 3.07. The summed E-state index contributed by atoms with van der Waals surface area (Å²) < 4.78 is 0. The number of nitrogen functional groups attached to an aromatic ring is 1. The Morgan fingerprint density at radius 2 is 1.94 bits per heavy atom. The second-order valence-electron chi connectivity index (χ2n) is 4.69. The van der Waals surface area contributed by atoms with Gasteiger partial charge in [-0.15, -0.1) is 0 Å². The highest BCUT2D eigenvalue weighted by Gasteiger charge is 2.21. The van der Waals surface area contributed by atoms with Gasteiger partial charge < -0.3 is 10.6 Å². The molecule has 0 unspecified atom stereocenters. The summed E-state index contributed by atoms with van der Waals surface area (Å²) in [4.78, 5) is 2.32. The Kier molecular flexibility index (Phi) is 2.67. The van der Waals surface area contributed by atoms with E-state index >= 15 is 0 Å². The Balaban J connectivity index is 2.10. The lowest BCUT2D eigenvalue weighted by Gasteiger charge is -2.22. The van der Waals surface area contributed by atoms with Crippen LogP contribution in [0.3, 0.4) is 0 Å². The molecule has 1 heterocycles. The van der Waals surface area contributed by atoms with Crippen molar-refractivity contribution in [3.8, 4) is 0 Å². The van der Waals surface area contributed by atoms with E-state index in [9.17, 15) is 0 Å². The first-order chi connectivity index (χ1) is 8.66. The molecule has 0 atom stereocenters. The van der Waals surface area contributed by atoms with E-state index < -0.39 is 0 Å². The van der Waals surface area contributed by atoms with Crippen molar-refractivity contribution in [1.82, 2.24) is 0 Å². The van der Waals surface area contributed by atoms with Crippen molar-refractivity contribution in [2.75, 3.05) is 17.2 Å². The van der Waals surface area contributed by atoms with Crippen molar-refractivity contribution in [3.05, 3.63) is 52.5 Å². The summed E-state index contributed by atoms with van der Waals surface area (Å²) in [5.41, 5.74) is 11.5. The molecule has 92 valence electrons. The Morgan fingerprint density at radius 3 is 2.78 bits per heavy atom. The van der Waals surface area contributed by atoms with Gasteiger partial charge in [0.2, 0.25) is 0 Å². The number of para-hydroxylation sites is 1. The summed E-state index contributed by atoms with van der Waals surface area (Å²) in [6, 6.07) is 12.4. The van der Waals surface area contributed by atoms with Gasteiger partial charge in [-0.3, -0.25) is 0 Å². The van der Waals surface area contributed by atoms with Crippen LogP contribution in [0.4, 0.5) is 17.1 Å². The number of fused-ring (bicyclic) bond motifs is 1. The maximum atomic E-state index is 6.14. The molecule has 2 aromatic carbocycles. The summed E-state index contributed by atoms with van der Waals surface area (Å²) in [7, 11) is 0. The average molecular weight is 259 g/mol. The quantitative estimate of drug-likeness (QED) is 0.786. The molecule has 0 amide bonds. The van der Waals surface area contributed by atoms with Gasteiger partial charge in [0.1, 0.15) is 0 Å². The topological polar surface area (TPSA) is 29.3 Å². The predicted octanol–water partition coefficient (Wildman–Crippen LogP) is 3.92. The Morgan fingerprint density at radius 1 is 1.17 bits per heavy atom. The number of anilines is 3. The number of rotatable bonds is 1. The molecule has 3 heteroatoms. The van der Waals surface area contributed by atoms with Crippen LogP contribution in [0, 0.1) is 6.92 Å². The fourth-order valence-electron chi connectivity index (χ4n) is 2.57. The van der Waals surface area contributed by atoms with E-state index in [4.69, 9.17) is 17.3 Å². The predicted molar refractivity (Wildman–Crippen MR) is 77.8 cm³/mol. The number of nitrogens with two attached hydrogens (primary N) is 1. The van der Waals surface area contributed by atoms with Gasteiger partial charge in [-0.1, -0.05) is 29.8 Å². The Labute approximate surface area is 112 Å². The van der Waals surface area contributed by atoms with Crippen LogP contribution in [0.1, 0.15) is 11.1 Å². The molecule has 0 aliphatic carbocycles. The first-order valence-electron chi connectivity index (χ1n) is 6.08. The number of halogens is 1. The fraction of sp³-hybridized carbons (Fsp3) is 0.200. The van der Waals surface area contributed by atoms with Crippen LogP contribution in [0.2, 0.25) is 5.02 Å². The highest BCUT2D eigenvalue weighted by atomic mass is 35.5. The third-order valence-electron chi connectivity index (χ3n) is 3.49. The van der Waals surface area contributed by atoms with Crippen LogP contribution in [0.25, 0.3) is 0 Å². The number of benzene rings is 2. The molecule has 18 heavy (non-hydrogen) atoms. The Hall–Kier alpha value is -1.67. The molecule has 0 saturated heterocycles. The molecule has 0 spiro atoms. The van der Waals surface area contributed by atoms with Gasteiger partial charge in [0, 0.05) is 17.9 Å². The van der Waals surface area contributed by atoms with Crippen LogP contribution >= 0.6 is 11.6 Å². The lowest BCUT2D eigenvalue weighted by atomic mass is 10.1. The minimum Gasteiger partial charge on any atom is -0.398 e. The Bertz CT molecular complexity index is 607. The second kappa shape index (κ2) is 4.21. The smallest absolute Gasteiger partial charge is 0.0656 e. The van der Waals surface area contributed by atoms with E-state index in [0.717, 1.165) is 24.2 Å². The molecule has 0 fully saturated rings. The maximum Gasteiger partial charge on any atom is 0.0656 e. The van der Waals surface area contributed by atoms with Crippen LogP contribution in [-0.2, 0) is 6.42 Å². The van der Waals surface area contributed by atoms with Crippen molar-refractivity contribution in [2.45, 2.75) is 13.3 Å². The highest BCUT2D eigenvalue weighted by Crippen LogP contribution is 2.38. The van der Waals surface area contributed by atoms with Crippen molar-refractivity contribution in [1.29, 1.82) is 0 Å². The van der Waals surface area contributed by atoms with Gasteiger partial charge >= 0.3 is 0 Å². The zero-order chi connectivity index (χ0) is 12.7. The van der Waals surface area contributed by atoms with Crippen LogP contribution in [0.5, 0.6) is 0 Å². The monoisotopic (exact) mass is 258 g/mol. The zero-order valence-corrected chi connectivity index (χ0v) is 11.0. The van der Waals surface area contributed by atoms with Crippen LogP contribution in [0.15, 0.2) is 36.4 Å². The number of nitrogens with zero attached hydrogens (tertiary/aromatic N) is 1. The van der Waals surface area contributed by atoms with Crippen molar-refractivity contribution in [3.63, 3.8) is 0 Å². The SMILES string of the molecule is Cc1cc(N)c(Cl)cc1N1CCc2ccccc21. The molecule has 2 nitrogen and oxygen atoms in total. The third kappa shape index (κ3) is 1.73. The van der Waals surface area contributed by atoms with E-state index in [1.807, 2.05) is 12.1 Å². The minimum absolute atomic E-state index is 0.625. The fourth-order valence-corrected chi connectivity index (χ4v) is 2.73. The zero-order valence-electron chi connectivity index (χ0n) is 10.3. The van der Waals surface area contributed by atoms with Crippen LogP contribution < -0.4 is 10.6 Å². The first kappa shape index (κ1) is 11.4. The lowest BCUT2D eigenvalue weighted by Crippen LogP contribution is -2.14. The van der Waals surface area contributed by atoms with Crippen LogP contribution in [-0.4, -0.2) is 6.54 Å². The molecule has 1 aliphatic heterocycles. The minimum atomic E-state index is 0.625.